The van der Waals surface area contributed by atoms with Gasteiger partial charge in [0.25, 0.3) is 5.91 Å². The van der Waals surface area contributed by atoms with Gasteiger partial charge >= 0.3 is 0 Å². The van der Waals surface area contributed by atoms with Crippen LogP contribution in [0.25, 0.3) is 16.9 Å². The van der Waals surface area contributed by atoms with Gasteiger partial charge in [0.2, 0.25) is 0 Å². The largest absolute Gasteiger partial charge is 0.321 e. The lowest BCUT2D eigenvalue weighted by atomic mass is 10.2. The van der Waals surface area contributed by atoms with Crippen molar-refractivity contribution in [2.45, 2.75) is 10.8 Å². The van der Waals surface area contributed by atoms with E-state index < -0.39 is 0 Å². The quantitative estimate of drug-likeness (QED) is 0.342. The highest BCUT2D eigenvalue weighted by Gasteiger charge is 2.14. The van der Waals surface area contributed by atoms with E-state index in [1.54, 1.807) is 49.1 Å². The van der Waals surface area contributed by atoms with Crippen LogP contribution in [0.5, 0.6) is 0 Å². The van der Waals surface area contributed by atoms with Gasteiger partial charge in [-0.15, -0.1) is 11.8 Å². The number of nitrogens with one attached hydrogen (secondary N) is 1. The zero-order chi connectivity index (χ0) is 22.6. The highest BCUT2D eigenvalue weighted by Crippen LogP contribution is 2.25. The van der Waals surface area contributed by atoms with E-state index in [-0.39, 0.29) is 11.7 Å². The average Bonchev–Trinajstić information content (AvgIpc) is 3.29. The number of carbonyl (C=O) groups excluding carboxylic acids is 1. The molecule has 1 N–H and O–H groups in total. The number of anilines is 1. The lowest BCUT2D eigenvalue weighted by molar-refractivity contribution is 0.102. The van der Waals surface area contributed by atoms with E-state index in [2.05, 4.69) is 20.3 Å². The van der Waals surface area contributed by atoms with Gasteiger partial charge in [-0.25, -0.2) is 19.3 Å². The summed E-state index contributed by atoms with van der Waals surface area (Å²) < 4.78 is 15.0. The van der Waals surface area contributed by atoms with Gasteiger partial charge in [-0.05, 0) is 54.1 Å². The molecule has 0 radical (unpaired) electrons. The predicted octanol–water partition coefficient (Wildman–Crippen LogP) is 5.50. The zero-order valence-corrected chi connectivity index (χ0v) is 18.2. The SMILES string of the molecule is O=C(Nc1ccc(-n2cnc3ccccc32)nc1)c1cccnc1SCc1ccc(F)cc1. The molecule has 162 valence electrons. The summed E-state index contributed by atoms with van der Waals surface area (Å²) in [6.45, 7) is 0. The van der Waals surface area contributed by atoms with Crippen LogP contribution in [0.1, 0.15) is 15.9 Å². The van der Waals surface area contributed by atoms with Gasteiger partial charge in [0.15, 0.2) is 0 Å². The molecule has 6 nitrogen and oxygen atoms in total. The maximum atomic E-state index is 13.1. The summed E-state index contributed by atoms with van der Waals surface area (Å²) in [4.78, 5) is 26.1. The summed E-state index contributed by atoms with van der Waals surface area (Å²) in [5, 5.41) is 3.49. The van der Waals surface area contributed by atoms with Crippen molar-refractivity contribution in [1.29, 1.82) is 0 Å². The molecule has 0 saturated heterocycles. The number of carbonyl (C=O) groups is 1. The first-order valence-corrected chi connectivity index (χ1v) is 11.2. The van der Waals surface area contributed by atoms with E-state index in [1.165, 1.54) is 23.9 Å². The summed E-state index contributed by atoms with van der Waals surface area (Å²) in [6.07, 6.45) is 4.99. The number of fused-ring (bicyclic) bond motifs is 1. The Balaban J connectivity index is 1.30. The minimum atomic E-state index is -0.275. The van der Waals surface area contributed by atoms with Crippen molar-refractivity contribution in [2.75, 3.05) is 5.32 Å². The lowest BCUT2D eigenvalue weighted by Crippen LogP contribution is -2.14. The van der Waals surface area contributed by atoms with Gasteiger partial charge in [0, 0.05) is 11.9 Å². The van der Waals surface area contributed by atoms with Gasteiger partial charge in [-0.1, -0.05) is 24.3 Å². The molecule has 0 spiro atoms. The Kier molecular flexibility index (Phi) is 5.82. The van der Waals surface area contributed by atoms with Crippen molar-refractivity contribution in [3.8, 4) is 5.82 Å². The van der Waals surface area contributed by atoms with E-state index in [9.17, 15) is 9.18 Å². The molecule has 0 saturated carbocycles. The van der Waals surface area contributed by atoms with E-state index >= 15 is 0 Å². The molecule has 5 rings (SSSR count). The van der Waals surface area contributed by atoms with Crippen LogP contribution in [0.4, 0.5) is 10.1 Å². The van der Waals surface area contributed by atoms with Crippen molar-refractivity contribution < 1.29 is 9.18 Å². The Morgan fingerprint density at radius 3 is 2.61 bits per heavy atom. The molecule has 0 unspecified atom stereocenters. The number of hydrogen-bond donors (Lipinski definition) is 1. The first kappa shape index (κ1) is 20.8. The summed E-state index contributed by atoms with van der Waals surface area (Å²) in [6, 6.07) is 21.2. The van der Waals surface area contributed by atoms with E-state index in [0.29, 0.717) is 27.8 Å². The molecular weight excluding hydrogens is 437 g/mol. The van der Waals surface area contributed by atoms with Gasteiger partial charge < -0.3 is 5.32 Å². The summed E-state index contributed by atoms with van der Waals surface area (Å²) in [7, 11) is 0. The number of aromatic nitrogens is 4. The maximum absolute atomic E-state index is 13.1. The third-order valence-corrected chi connectivity index (χ3v) is 6.09. The van der Waals surface area contributed by atoms with Crippen LogP contribution >= 0.6 is 11.8 Å². The summed E-state index contributed by atoms with van der Waals surface area (Å²) in [5.74, 6) is 0.737. The van der Waals surface area contributed by atoms with Crippen molar-refractivity contribution in [2.24, 2.45) is 0 Å². The zero-order valence-electron chi connectivity index (χ0n) is 17.4. The molecule has 3 heterocycles. The second kappa shape index (κ2) is 9.22. The fourth-order valence-electron chi connectivity index (χ4n) is 3.35. The molecule has 0 aliphatic carbocycles. The minimum absolute atomic E-state index is 0.271. The monoisotopic (exact) mass is 455 g/mol. The average molecular weight is 456 g/mol. The number of rotatable bonds is 6. The Morgan fingerprint density at radius 2 is 1.79 bits per heavy atom. The van der Waals surface area contributed by atoms with E-state index in [1.807, 2.05) is 34.9 Å². The maximum Gasteiger partial charge on any atom is 0.258 e. The highest BCUT2D eigenvalue weighted by atomic mass is 32.2. The number of pyridine rings is 2. The standard InChI is InChI=1S/C25H18FN5OS/c26-18-9-7-17(8-10-18)15-33-25-20(4-3-13-27-25)24(32)30-19-11-12-23(28-14-19)31-16-29-21-5-1-2-6-22(21)31/h1-14,16H,15H2,(H,30,32). The van der Waals surface area contributed by atoms with Gasteiger partial charge in [0.1, 0.15) is 23.0 Å². The van der Waals surface area contributed by atoms with Gasteiger partial charge in [0.05, 0.1) is 28.5 Å². The molecule has 0 aliphatic rings. The molecular formula is C25H18FN5OS. The molecule has 3 aromatic heterocycles. The Hall–Kier alpha value is -4.04. The molecule has 1 amide bonds. The van der Waals surface area contributed by atoms with E-state index in [0.717, 1.165) is 16.6 Å². The second-order valence-electron chi connectivity index (χ2n) is 7.23. The summed E-state index contributed by atoms with van der Waals surface area (Å²) in [5.41, 5.74) is 3.84. The van der Waals surface area contributed by atoms with Crippen molar-refractivity contribution in [1.82, 2.24) is 19.5 Å². The normalized spacial score (nSPS) is 10.9. The molecule has 0 bridgehead atoms. The second-order valence-corrected chi connectivity index (χ2v) is 8.20. The van der Waals surface area contributed by atoms with E-state index in [4.69, 9.17) is 0 Å². The Bertz CT molecular complexity index is 1420. The number of thioether (sulfide) groups is 1. The number of imidazole rings is 1. The Morgan fingerprint density at radius 1 is 0.939 bits per heavy atom. The number of amides is 1. The van der Waals surface area contributed by atoms with Gasteiger partial charge in [-0.3, -0.25) is 9.36 Å². The lowest BCUT2D eigenvalue weighted by Gasteiger charge is -2.10. The van der Waals surface area contributed by atoms with Crippen LogP contribution in [0.3, 0.4) is 0 Å². The number of hydrogen-bond acceptors (Lipinski definition) is 5. The molecule has 0 fully saturated rings. The molecule has 0 aliphatic heterocycles. The predicted molar refractivity (Wildman–Crippen MR) is 127 cm³/mol. The number of halogens is 1. The van der Waals surface area contributed by atoms with Gasteiger partial charge in [-0.2, -0.15) is 0 Å². The first-order chi connectivity index (χ1) is 16.2. The molecule has 33 heavy (non-hydrogen) atoms. The third kappa shape index (κ3) is 4.61. The van der Waals surface area contributed by atoms with Crippen molar-refractivity contribution in [3.05, 3.63) is 108 Å². The van der Waals surface area contributed by atoms with Crippen LogP contribution < -0.4 is 5.32 Å². The highest BCUT2D eigenvalue weighted by molar-refractivity contribution is 7.98. The summed E-state index contributed by atoms with van der Waals surface area (Å²) >= 11 is 1.43. The Labute approximate surface area is 193 Å². The fourth-order valence-corrected chi connectivity index (χ4v) is 4.30. The van der Waals surface area contributed by atoms with Crippen molar-refractivity contribution in [3.63, 3.8) is 0 Å². The number of para-hydroxylation sites is 2. The van der Waals surface area contributed by atoms with Crippen LogP contribution in [-0.4, -0.2) is 25.4 Å². The minimum Gasteiger partial charge on any atom is -0.321 e. The van der Waals surface area contributed by atoms with Crippen LogP contribution in [0.2, 0.25) is 0 Å². The number of benzene rings is 2. The fraction of sp³-hybridized carbons (Fsp3) is 0.0400. The first-order valence-electron chi connectivity index (χ1n) is 10.2. The third-order valence-electron chi connectivity index (χ3n) is 5.01. The van der Waals surface area contributed by atoms with Crippen LogP contribution in [0.15, 0.2) is 96.5 Å². The molecule has 2 aromatic carbocycles. The molecule has 8 heteroatoms. The van der Waals surface area contributed by atoms with Crippen LogP contribution in [-0.2, 0) is 5.75 Å². The molecule has 5 aromatic rings. The number of nitrogens with zero attached hydrogens (tertiary/aromatic N) is 4. The topological polar surface area (TPSA) is 72.7 Å². The molecule has 0 atom stereocenters. The smallest absolute Gasteiger partial charge is 0.258 e. The van der Waals surface area contributed by atoms with Crippen LogP contribution in [0, 0.1) is 5.82 Å². The van der Waals surface area contributed by atoms with Crippen molar-refractivity contribution >= 4 is 34.4 Å².